The van der Waals surface area contributed by atoms with Gasteiger partial charge in [0.2, 0.25) is 5.91 Å². The number of nitrogens with one attached hydrogen (secondary N) is 1. The first-order valence-corrected chi connectivity index (χ1v) is 14.9. The zero-order chi connectivity index (χ0) is 27.1. The third-order valence-electron chi connectivity index (χ3n) is 6.25. The Morgan fingerprint density at radius 3 is 2.24 bits per heavy atom. The molecule has 0 aliphatic heterocycles. The van der Waals surface area contributed by atoms with Crippen molar-refractivity contribution in [1.82, 2.24) is 0 Å². The number of nitrogens with zero attached hydrogens (tertiary/aromatic N) is 1. The van der Waals surface area contributed by atoms with Crippen LogP contribution in [0.2, 0.25) is 0 Å². The van der Waals surface area contributed by atoms with Crippen LogP contribution in [0, 0.1) is 13.8 Å². The van der Waals surface area contributed by atoms with Crippen molar-refractivity contribution in [2.24, 2.45) is 0 Å². The van der Waals surface area contributed by atoms with E-state index in [1.807, 2.05) is 63.2 Å². The smallest absolute Gasteiger partial charge is 0.264 e. The number of thioether (sulfide) groups is 1. The molecular formula is C31H32N2O3S2. The van der Waals surface area contributed by atoms with Gasteiger partial charge in [0.25, 0.3) is 10.0 Å². The van der Waals surface area contributed by atoms with Gasteiger partial charge >= 0.3 is 0 Å². The van der Waals surface area contributed by atoms with Crippen LogP contribution in [0.3, 0.4) is 0 Å². The van der Waals surface area contributed by atoms with Crippen LogP contribution in [0.15, 0.2) is 107 Å². The first-order valence-electron chi connectivity index (χ1n) is 12.5. The molecule has 0 radical (unpaired) electrons. The number of hydrogen-bond acceptors (Lipinski definition) is 4. The predicted molar refractivity (Wildman–Crippen MR) is 157 cm³/mol. The highest BCUT2D eigenvalue weighted by molar-refractivity contribution is 7.98. The molecule has 4 aromatic carbocycles. The quantitative estimate of drug-likeness (QED) is 0.219. The number of carbonyl (C=O) groups is 1. The molecule has 4 rings (SSSR count). The van der Waals surface area contributed by atoms with Crippen molar-refractivity contribution in [1.29, 1.82) is 0 Å². The second kappa shape index (κ2) is 12.3. The van der Waals surface area contributed by atoms with Crippen molar-refractivity contribution in [2.45, 2.75) is 42.7 Å². The van der Waals surface area contributed by atoms with E-state index in [-0.39, 0.29) is 11.4 Å². The maximum atomic E-state index is 13.7. The van der Waals surface area contributed by atoms with Gasteiger partial charge in [0.05, 0.1) is 10.6 Å². The van der Waals surface area contributed by atoms with Crippen LogP contribution < -0.4 is 9.62 Å². The Bertz CT molecular complexity index is 1500. The van der Waals surface area contributed by atoms with Crippen molar-refractivity contribution in [3.63, 3.8) is 0 Å². The summed E-state index contributed by atoms with van der Waals surface area (Å²) in [7, 11) is -3.97. The highest BCUT2D eigenvalue weighted by Gasteiger charge is 2.28. The number of anilines is 2. The minimum Gasteiger partial charge on any atom is -0.324 e. The monoisotopic (exact) mass is 544 g/mol. The van der Waals surface area contributed by atoms with Gasteiger partial charge in [-0.3, -0.25) is 9.10 Å². The number of rotatable bonds is 10. The van der Waals surface area contributed by atoms with E-state index >= 15 is 0 Å². The summed E-state index contributed by atoms with van der Waals surface area (Å²) < 4.78 is 28.7. The Kier molecular flexibility index (Phi) is 8.92. The predicted octanol–water partition coefficient (Wildman–Crippen LogP) is 6.99. The molecule has 7 heteroatoms. The molecule has 0 unspecified atom stereocenters. The molecule has 0 bridgehead atoms. The van der Waals surface area contributed by atoms with Gasteiger partial charge in [0.15, 0.2) is 0 Å². The highest BCUT2D eigenvalue weighted by Crippen LogP contribution is 2.29. The number of aryl methyl sites for hydroxylation is 3. The average molecular weight is 545 g/mol. The summed E-state index contributed by atoms with van der Waals surface area (Å²) in [5.41, 5.74) is 5.06. The molecule has 0 aliphatic rings. The molecule has 0 aliphatic carbocycles. The van der Waals surface area contributed by atoms with Crippen LogP contribution in [0.25, 0.3) is 0 Å². The number of amides is 1. The number of hydrogen-bond donors (Lipinski definition) is 1. The Morgan fingerprint density at radius 1 is 0.868 bits per heavy atom. The summed E-state index contributed by atoms with van der Waals surface area (Å²) >= 11 is 1.75. The molecule has 0 fully saturated rings. The van der Waals surface area contributed by atoms with E-state index in [0.717, 1.165) is 28.0 Å². The summed E-state index contributed by atoms with van der Waals surface area (Å²) in [5.74, 6) is 0.413. The van der Waals surface area contributed by atoms with E-state index in [1.54, 1.807) is 48.2 Å². The summed E-state index contributed by atoms with van der Waals surface area (Å²) in [4.78, 5) is 14.6. The topological polar surface area (TPSA) is 66.5 Å². The lowest BCUT2D eigenvalue weighted by Crippen LogP contribution is -2.38. The van der Waals surface area contributed by atoms with E-state index in [0.29, 0.717) is 17.8 Å². The summed E-state index contributed by atoms with van der Waals surface area (Å²) in [6.07, 6.45) is 0.638. The molecule has 1 amide bonds. The number of para-hydroxylation sites is 1. The first-order chi connectivity index (χ1) is 18.3. The van der Waals surface area contributed by atoms with Crippen molar-refractivity contribution >= 4 is 39.1 Å². The van der Waals surface area contributed by atoms with Crippen molar-refractivity contribution in [3.8, 4) is 0 Å². The Labute approximate surface area is 230 Å². The highest BCUT2D eigenvalue weighted by atomic mass is 32.2. The van der Waals surface area contributed by atoms with Crippen LogP contribution in [0.5, 0.6) is 0 Å². The third kappa shape index (κ3) is 6.65. The molecule has 0 heterocycles. The maximum Gasteiger partial charge on any atom is 0.264 e. The minimum absolute atomic E-state index is 0.151. The van der Waals surface area contributed by atoms with Crippen LogP contribution >= 0.6 is 11.8 Å². The fourth-order valence-corrected chi connectivity index (χ4v) is 6.47. The van der Waals surface area contributed by atoms with Crippen molar-refractivity contribution < 1.29 is 13.2 Å². The molecule has 4 aromatic rings. The summed E-state index contributed by atoms with van der Waals surface area (Å²) in [6, 6.07) is 30.1. The van der Waals surface area contributed by atoms with E-state index < -0.39 is 15.9 Å². The number of benzene rings is 4. The standard InChI is InChI=1S/C31H32N2O3S2/c1-4-26-10-8-9-13-30(26)33(38(35,36)28-17-14-23(2)15-18-28)21-31(34)32-29-19-16-25(20-24(29)3)22-37-27-11-6-5-7-12-27/h5-20H,4,21-22H2,1-3H3,(H,32,34). The zero-order valence-corrected chi connectivity index (χ0v) is 23.5. The van der Waals surface area contributed by atoms with E-state index in [1.165, 1.54) is 9.20 Å². The van der Waals surface area contributed by atoms with Crippen LogP contribution in [-0.2, 0) is 27.0 Å². The van der Waals surface area contributed by atoms with E-state index in [4.69, 9.17) is 0 Å². The Hall–Kier alpha value is -3.55. The van der Waals surface area contributed by atoms with Gasteiger partial charge in [0.1, 0.15) is 6.54 Å². The lowest BCUT2D eigenvalue weighted by Gasteiger charge is -2.26. The van der Waals surface area contributed by atoms with Gasteiger partial charge in [-0.25, -0.2) is 8.42 Å². The Morgan fingerprint density at radius 2 is 1.55 bits per heavy atom. The molecule has 0 aromatic heterocycles. The minimum atomic E-state index is -3.97. The first kappa shape index (κ1) is 27.5. The largest absolute Gasteiger partial charge is 0.324 e. The molecule has 0 saturated carbocycles. The van der Waals surface area contributed by atoms with Crippen molar-refractivity contribution in [2.75, 3.05) is 16.2 Å². The molecule has 1 N–H and O–H groups in total. The maximum absolute atomic E-state index is 13.7. The third-order valence-corrected chi connectivity index (χ3v) is 9.11. The normalized spacial score (nSPS) is 11.2. The number of carbonyl (C=O) groups excluding carboxylic acids is 1. The average Bonchev–Trinajstić information content (AvgIpc) is 2.92. The summed E-state index contributed by atoms with van der Waals surface area (Å²) in [6.45, 7) is 5.48. The van der Waals surface area contributed by atoms with Gasteiger partial charge in [0, 0.05) is 16.3 Å². The lowest BCUT2D eigenvalue weighted by molar-refractivity contribution is -0.114. The van der Waals surface area contributed by atoms with Crippen LogP contribution in [0.4, 0.5) is 11.4 Å². The molecular weight excluding hydrogens is 512 g/mol. The fourth-order valence-electron chi connectivity index (χ4n) is 4.15. The Balaban J connectivity index is 1.55. The number of sulfonamides is 1. The zero-order valence-electron chi connectivity index (χ0n) is 21.8. The van der Waals surface area contributed by atoms with E-state index in [2.05, 4.69) is 23.5 Å². The van der Waals surface area contributed by atoms with Gasteiger partial charge in [-0.2, -0.15) is 0 Å². The summed E-state index contributed by atoms with van der Waals surface area (Å²) in [5, 5.41) is 2.93. The van der Waals surface area contributed by atoms with Crippen molar-refractivity contribution in [3.05, 3.63) is 119 Å². The van der Waals surface area contributed by atoms with Crippen LogP contribution in [0.1, 0.15) is 29.2 Å². The SMILES string of the molecule is CCc1ccccc1N(CC(=O)Nc1ccc(CSc2ccccc2)cc1C)S(=O)(=O)c1ccc(C)cc1. The second-order valence-corrected chi connectivity index (χ2v) is 12.0. The molecule has 38 heavy (non-hydrogen) atoms. The van der Waals surface area contributed by atoms with E-state index in [9.17, 15) is 13.2 Å². The molecule has 0 saturated heterocycles. The molecule has 0 spiro atoms. The molecule has 196 valence electrons. The fraction of sp³-hybridized carbons (Fsp3) is 0.194. The van der Waals surface area contributed by atoms with Gasteiger partial charge in [-0.1, -0.05) is 73.2 Å². The second-order valence-electron chi connectivity index (χ2n) is 9.11. The van der Waals surface area contributed by atoms with Gasteiger partial charge < -0.3 is 5.32 Å². The van der Waals surface area contributed by atoms with Gasteiger partial charge in [-0.05, 0) is 73.4 Å². The molecule has 5 nitrogen and oxygen atoms in total. The van der Waals surface area contributed by atoms with Crippen LogP contribution in [-0.4, -0.2) is 20.9 Å². The lowest BCUT2D eigenvalue weighted by atomic mass is 10.1. The molecule has 0 atom stereocenters. The van der Waals surface area contributed by atoms with Gasteiger partial charge in [-0.15, -0.1) is 11.8 Å².